The highest BCUT2D eigenvalue weighted by molar-refractivity contribution is 7.99. The highest BCUT2D eigenvalue weighted by Gasteiger charge is 2.00. The zero-order chi connectivity index (χ0) is 11.4. The van der Waals surface area contributed by atoms with Gasteiger partial charge in [-0.3, -0.25) is 0 Å². The number of hydrogen-bond donors (Lipinski definition) is 0. The van der Waals surface area contributed by atoms with Crippen LogP contribution in [0.5, 0.6) is 0 Å². The van der Waals surface area contributed by atoms with Crippen molar-refractivity contribution in [3.63, 3.8) is 0 Å². The molecule has 0 bridgehead atoms. The first-order valence-corrected chi connectivity index (χ1v) is 5.33. The monoisotopic (exact) mass is 231 g/mol. The van der Waals surface area contributed by atoms with E-state index in [0.717, 1.165) is 4.90 Å². The van der Waals surface area contributed by atoms with Crippen molar-refractivity contribution in [1.82, 2.24) is 9.97 Å². The molecule has 0 amide bonds. The minimum Gasteiger partial charge on any atom is -0.545 e. The van der Waals surface area contributed by atoms with Crippen molar-refractivity contribution in [1.29, 1.82) is 0 Å². The molecule has 0 spiro atoms. The summed E-state index contributed by atoms with van der Waals surface area (Å²) in [7, 11) is 0. The lowest BCUT2D eigenvalue weighted by Gasteiger charge is -2.02. The van der Waals surface area contributed by atoms with Gasteiger partial charge in [-0.05, 0) is 23.9 Å². The predicted molar refractivity (Wildman–Crippen MR) is 56.9 cm³/mol. The Morgan fingerprint density at radius 2 is 1.75 bits per heavy atom. The highest BCUT2D eigenvalue weighted by Crippen LogP contribution is 2.23. The van der Waals surface area contributed by atoms with Gasteiger partial charge in [0.1, 0.15) is 0 Å². The lowest BCUT2D eigenvalue weighted by molar-refractivity contribution is -0.255. The van der Waals surface area contributed by atoms with Crippen LogP contribution in [0, 0.1) is 0 Å². The maximum atomic E-state index is 10.5. The zero-order valence-corrected chi connectivity index (χ0v) is 8.98. The molecule has 0 fully saturated rings. The third-order valence-corrected chi connectivity index (χ3v) is 2.72. The Bertz CT molecular complexity index is 485. The predicted octanol–water partition coefficient (Wildman–Crippen LogP) is 0.991. The van der Waals surface area contributed by atoms with Crippen LogP contribution < -0.4 is 5.11 Å². The van der Waals surface area contributed by atoms with E-state index in [2.05, 4.69) is 9.97 Å². The Labute approximate surface area is 96.4 Å². The molecule has 16 heavy (non-hydrogen) atoms. The van der Waals surface area contributed by atoms with E-state index in [4.69, 9.17) is 0 Å². The smallest absolute Gasteiger partial charge is 0.192 e. The molecule has 0 unspecified atom stereocenters. The molecule has 1 heterocycles. The summed E-state index contributed by atoms with van der Waals surface area (Å²) in [5, 5.41) is 11.0. The Morgan fingerprint density at radius 3 is 2.31 bits per heavy atom. The lowest BCUT2D eigenvalue weighted by Crippen LogP contribution is -2.22. The molecule has 0 aliphatic heterocycles. The van der Waals surface area contributed by atoms with Crippen LogP contribution in [0.25, 0.3) is 0 Å². The zero-order valence-electron chi connectivity index (χ0n) is 8.16. The number of rotatable bonds is 3. The average molecular weight is 231 g/mol. The quantitative estimate of drug-likeness (QED) is 0.737. The van der Waals surface area contributed by atoms with E-state index < -0.39 is 5.97 Å². The molecule has 0 saturated heterocycles. The van der Waals surface area contributed by atoms with Crippen LogP contribution in [0.3, 0.4) is 0 Å². The van der Waals surface area contributed by atoms with Gasteiger partial charge in [0.15, 0.2) is 5.16 Å². The van der Waals surface area contributed by atoms with Gasteiger partial charge in [0, 0.05) is 22.9 Å². The van der Waals surface area contributed by atoms with Crippen LogP contribution in [0.15, 0.2) is 52.8 Å². The molecular weight excluding hydrogens is 224 g/mol. The number of carboxylic acid groups (broad SMARTS) is 1. The topological polar surface area (TPSA) is 65.9 Å². The number of benzene rings is 1. The SMILES string of the molecule is O=C([O-])c1cnc(Sc2ccccc2)nc1. The van der Waals surface area contributed by atoms with Gasteiger partial charge >= 0.3 is 0 Å². The molecule has 0 aliphatic carbocycles. The molecule has 2 rings (SSSR count). The van der Waals surface area contributed by atoms with Crippen LogP contribution in [-0.2, 0) is 0 Å². The van der Waals surface area contributed by atoms with Gasteiger partial charge in [-0.1, -0.05) is 18.2 Å². The second-order valence-electron chi connectivity index (χ2n) is 2.96. The van der Waals surface area contributed by atoms with Crippen LogP contribution in [-0.4, -0.2) is 15.9 Å². The first-order valence-electron chi connectivity index (χ1n) is 4.52. The lowest BCUT2D eigenvalue weighted by atomic mass is 10.4. The van der Waals surface area contributed by atoms with Gasteiger partial charge in [-0.25, -0.2) is 9.97 Å². The van der Waals surface area contributed by atoms with Gasteiger partial charge < -0.3 is 9.90 Å². The number of nitrogens with zero attached hydrogens (tertiary/aromatic N) is 2. The molecule has 0 atom stereocenters. The molecule has 80 valence electrons. The third kappa shape index (κ3) is 2.58. The summed E-state index contributed by atoms with van der Waals surface area (Å²) in [6.07, 6.45) is 2.49. The maximum Gasteiger partial charge on any atom is 0.192 e. The number of carboxylic acids is 1. The van der Waals surface area contributed by atoms with Crippen LogP contribution in [0.4, 0.5) is 0 Å². The van der Waals surface area contributed by atoms with E-state index in [-0.39, 0.29) is 5.56 Å². The first-order chi connectivity index (χ1) is 7.75. The summed E-state index contributed by atoms with van der Waals surface area (Å²) in [6, 6.07) is 9.61. The minimum absolute atomic E-state index is 0.0163. The van der Waals surface area contributed by atoms with Crippen LogP contribution in [0.1, 0.15) is 10.4 Å². The van der Waals surface area contributed by atoms with E-state index in [9.17, 15) is 9.90 Å². The second kappa shape index (κ2) is 4.76. The molecule has 4 nitrogen and oxygen atoms in total. The Kier molecular flexibility index (Phi) is 3.16. The Morgan fingerprint density at radius 1 is 1.12 bits per heavy atom. The number of carbonyl (C=O) groups excluding carboxylic acids is 1. The molecular formula is C11H7N2O2S-. The largest absolute Gasteiger partial charge is 0.545 e. The van der Waals surface area contributed by atoms with Crippen molar-refractivity contribution >= 4 is 17.7 Å². The molecule has 0 aliphatic rings. The summed E-state index contributed by atoms with van der Waals surface area (Å²) >= 11 is 1.37. The standard InChI is InChI=1S/C11H8N2O2S/c14-10(15)8-6-12-11(13-7-8)16-9-4-2-1-3-5-9/h1-7H,(H,14,15)/p-1. The van der Waals surface area contributed by atoms with Crippen molar-refractivity contribution in [3.05, 3.63) is 48.3 Å². The van der Waals surface area contributed by atoms with E-state index in [0.29, 0.717) is 5.16 Å². The second-order valence-corrected chi connectivity index (χ2v) is 4.00. The van der Waals surface area contributed by atoms with E-state index in [1.165, 1.54) is 24.2 Å². The normalized spacial score (nSPS) is 10.0. The molecule has 1 aromatic carbocycles. The van der Waals surface area contributed by atoms with Crippen molar-refractivity contribution in [2.75, 3.05) is 0 Å². The summed E-state index contributed by atoms with van der Waals surface area (Å²) in [6.45, 7) is 0. The Hall–Kier alpha value is -1.88. The molecule has 2 aromatic rings. The number of carbonyl (C=O) groups is 1. The third-order valence-electron chi connectivity index (χ3n) is 1.82. The Balaban J connectivity index is 2.14. The molecule has 1 aromatic heterocycles. The maximum absolute atomic E-state index is 10.5. The molecule has 5 heteroatoms. The van der Waals surface area contributed by atoms with Gasteiger partial charge in [-0.2, -0.15) is 0 Å². The van der Waals surface area contributed by atoms with Crippen molar-refractivity contribution in [3.8, 4) is 0 Å². The van der Waals surface area contributed by atoms with Crippen LogP contribution >= 0.6 is 11.8 Å². The van der Waals surface area contributed by atoms with E-state index in [1.807, 2.05) is 30.3 Å². The van der Waals surface area contributed by atoms with E-state index >= 15 is 0 Å². The minimum atomic E-state index is -1.27. The molecule has 0 radical (unpaired) electrons. The van der Waals surface area contributed by atoms with Crippen LogP contribution in [0.2, 0.25) is 0 Å². The van der Waals surface area contributed by atoms with Crippen molar-refractivity contribution < 1.29 is 9.90 Å². The molecule has 0 saturated carbocycles. The fraction of sp³-hybridized carbons (Fsp3) is 0. The summed E-state index contributed by atoms with van der Waals surface area (Å²) in [4.78, 5) is 19.3. The number of aromatic nitrogens is 2. The highest BCUT2D eigenvalue weighted by atomic mass is 32.2. The van der Waals surface area contributed by atoms with Gasteiger partial charge in [0.2, 0.25) is 0 Å². The fourth-order valence-corrected chi connectivity index (χ4v) is 1.78. The van der Waals surface area contributed by atoms with Crippen molar-refractivity contribution in [2.45, 2.75) is 10.1 Å². The summed E-state index contributed by atoms with van der Waals surface area (Å²) < 4.78 is 0. The van der Waals surface area contributed by atoms with Gasteiger partial charge in [0.25, 0.3) is 0 Å². The average Bonchev–Trinajstić information content (AvgIpc) is 2.31. The number of aromatic carboxylic acids is 1. The van der Waals surface area contributed by atoms with Gasteiger partial charge in [-0.15, -0.1) is 0 Å². The summed E-state index contributed by atoms with van der Waals surface area (Å²) in [5.41, 5.74) is -0.0163. The van der Waals surface area contributed by atoms with Gasteiger partial charge in [0.05, 0.1) is 5.97 Å². The fourth-order valence-electron chi connectivity index (χ4n) is 1.07. The summed E-state index contributed by atoms with van der Waals surface area (Å²) in [5.74, 6) is -1.27. The van der Waals surface area contributed by atoms with Crippen molar-refractivity contribution in [2.24, 2.45) is 0 Å². The molecule has 0 N–H and O–H groups in total. The number of hydrogen-bond acceptors (Lipinski definition) is 5. The van der Waals surface area contributed by atoms with E-state index in [1.54, 1.807) is 0 Å². The first kappa shape index (κ1) is 10.6.